The van der Waals surface area contributed by atoms with E-state index >= 15 is 0 Å². The first-order chi connectivity index (χ1) is 17.3. The van der Waals surface area contributed by atoms with E-state index < -0.39 is 5.92 Å². The van der Waals surface area contributed by atoms with Gasteiger partial charge in [-0.3, -0.25) is 14.4 Å². The summed E-state index contributed by atoms with van der Waals surface area (Å²) in [5, 5.41) is 5.83. The van der Waals surface area contributed by atoms with Crippen LogP contribution in [0.15, 0.2) is 66.7 Å². The quantitative estimate of drug-likeness (QED) is 0.498. The van der Waals surface area contributed by atoms with Crippen molar-refractivity contribution in [1.82, 2.24) is 5.32 Å². The summed E-state index contributed by atoms with van der Waals surface area (Å²) >= 11 is 0. The number of nitrogens with zero attached hydrogens (tertiary/aromatic N) is 1. The van der Waals surface area contributed by atoms with Crippen molar-refractivity contribution in [2.24, 2.45) is 5.92 Å². The molecule has 0 aliphatic carbocycles. The Morgan fingerprint density at radius 1 is 0.972 bits per heavy atom. The zero-order valence-corrected chi connectivity index (χ0v) is 20.8. The Bertz CT molecular complexity index is 1270. The largest absolute Gasteiger partial charge is 0.484 e. The van der Waals surface area contributed by atoms with Crippen LogP contribution >= 0.6 is 0 Å². The molecular weight excluding hydrogens is 454 g/mol. The van der Waals surface area contributed by atoms with Crippen molar-refractivity contribution in [2.75, 3.05) is 23.4 Å². The SMILES string of the molecule is Cc1ccc(C)c(NC(=O)COc2ccc(N3C[C@@H](C(=O)NCc4ccccc4C)CC3=O)cc2)c1. The van der Waals surface area contributed by atoms with Gasteiger partial charge in [0.1, 0.15) is 5.75 Å². The fourth-order valence-corrected chi connectivity index (χ4v) is 4.20. The molecule has 0 bridgehead atoms. The van der Waals surface area contributed by atoms with Gasteiger partial charge in [-0.1, -0.05) is 36.4 Å². The smallest absolute Gasteiger partial charge is 0.262 e. The molecule has 3 amide bonds. The molecule has 0 unspecified atom stereocenters. The molecule has 7 nitrogen and oxygen atoms in total. The maximum absolute atomic E-state index is 12.7. The Labute approximate surface area is 211 Å². The Balaban J connectivity index is 1.28. The van der Waals surface area contributed by atoms with Crippen molar-refractivity contribution < 1.29 is 19.1 Å². The molecule has 0 saturated carbocycles. The van der Waals surface area contributed by atoms with E-state index in [0.717, 1.165) is 27.9 Å². The maximum Gasteiger partial charge on any atom is 0.262 e. The molecule has 1 saturated heterocycles. The molecule has 1 heterocycles. The topological polar surface area (TPSA) is 87.7 Å². The molecule has 1 aliphatic heterocycles. The first kappa shape index (κ1) is 25.0. The Hall–Kier alpha value is -4.13. The van der Waals surface area contributed by atoms with E-state index in [0.29, 0.717) is 24.5 Å². The van der Waals surface area contributed by atoms with Crippen LogP contribution in [-0.2, 0) is 20.9 Å². The van der Waals surface area contributed by atoms with Crippen LogP contribution in [0.3, 0.4) is 0 Å². The number of anilines is 2. The average Bonchev–Trinajstić information content (AvgIpc) is 3.26. The number of carbonyl (C=O) groups is 3. The first-order valence-electron chi connectivity index (χ1n) is 12.0. The van der Waals surface area contributed by atoms with Crippen molar-refractivity contribution in [2.45, 2.75) is 33.7 Å². The molecule has 0 spiro atoms. The van der Waals surface area contributed by atoms with E-state index in [1.54, 1.807) is 29.2 Å². The predicted molar refractivity (Wildman–Crippen MR) is 140 cm³/mol. The molecule has 3 aromatic carbocycles. The number of hydrogen-bond acceptors (Lipinski definition) is 4. The molecule has 2 N–H and O–H groups in total. The summed E-state index contributed by atoms with van der Waals surface area (Å²) in [5.41, 5.74) is 5.69. The highest BCUT2D eigenvalue weighted by Crippen LogP contribution is 2.27. The molecular formula is C29H31N3O4. The Morgan fingerprint density at radius 3 is 2.47 bits per heavy atom. The molecule has 36 heavy (non-hydrogen) atoms. The molecule has 1 fully saturated rings. The monoisotopic (exact) mass is 485 g/mol. The van der Waals surface area contributed by atoms with E-state index in [2.05, 4.69) is 10.6 Å². The minimum atomic E-state index is -0.397. The number of ether oxygens (including phenoxy) is 1. The summed E-state index contributed by atoms with van der Waals surface area (Å²) in [6, 6.07) is 20.8. The van der Waals surface area contributed by atoms with E-state index in [-0.39, 0.29) is 30.7 Å². The number of aryl methyl sites for hydroxylation is 3. The molecule has 1 aliphatic rings. The van der Waals surface area contributed by atoms with E-state index in [4.69, 9.17) is 4.74 Å². The van der Waals surface area contributed by atoms with Crippen LogP contribution in [0, 0.1) is 26.7 Å². The molecule has 7 heteroatoms. The minimum Gasteiger partial charge on any atom is -0.484 e. The fourth-order valence-electron chi connectivity index (χ4n) is 4.20. The van der Waals surface area contributed by atoms with Crippen LogP contribution in [-0.4, -0.2) is 30.9 Å². The lowest BCUT2D eigenvalue weighted by Crippen LogP contribution is -2.32. The minimum absolute atomic E-state index is 0.0902. The van der Waals surface area contributed by atoms with Crippen LogP contribution in [0.4, 0.5) is 11.4 Å². The zero-order chi connectivity index (χ0) is 25.7. The molecule has 0 radical (unpaired) electrons. The van der Waals surface area contributed by atoms with Crippen molar-refractivity contribution >= 4 is 29.1 Å². The highest BCUT2D eigenvalue weighted by Gasteiger charge is 2.35. The highest BCUT2D eigenvalue weighted by atomic mass is 16.5. The Kier molecular flexibility index (Phi) is 7.68. The second-order valence-corrected chi connectivity index (χ2v) is 9.20. The van der Waals surface area contributed by atoms with Gasteiger partial charge in [0, 0.05) is 30.9 Å². The van der Waals surface area contributed by atoms with Crippen LogP contribution in [0.1, 0.15) is 28.7 Å². The molecule has 1 atom stereocenters. The first-order valence-corrected chi connectivity index (χ1v) is 12.0. The van der Waals surface area contributed by atoms with Crippen LogP contribution in [0.5, 0.6) is 5.75 Å². The number of hydrogen-bond donors (Lipinski definition) is 2. The lowest BCUT2D eigenvalue weighted by Gasteiger charge is -2.17. The van der Waals surface area contributed by atoms with Crippen molar-refractivity contribution in [3.8, 4) is 5.75 Å². The van der Waals surface area contributed by atoms with Gasteiger partial charge in [-0.15, -0.1) is 0 Å². The van der Waals surface area contributed by atoms with Gasteiger partial charge < -0.3 is 20.3 Å². The molecule has 0 aromatic heterocycles. The van der Waals surface area contributed by atoms with Gasteiger partial charge in [-0.25, -0.2) is 0 Å². The second-order valence-electron chi connectivity index (χ2n) is 9.20. The number of benzene rings is 3. The normalized spacial score (nSPS) is 15.0. The van der Waals surface area contributed by atoms with E-state index in [1.165, 1.54) is 0 Å². The van der Waals surface area contributed by atoms with Gasteiger partial charge in [-0.2, -0.15) is 0 Å². The van der Waals surface area contributed by atoms with Gasteiger partial charge in [0.25, 0.3) is 5.91 Å². The third-order valence-electron chi connectivity index (χ3n) is 6.40. The third kappa shape index (κ3) is 6.10. The standard InChI is InChI=1S/C29H31N3O4/c1-19-8-9-21(3)26(14-19)31-27(33)18-36-25-12-10-24(11-13-25)32-17-23(15-28(32)34)29(35)30-16-22-7-5-4-6-20(22)2/h4-14,23H,15-18H2,1-3H3,(H,30,35)(H,31,33)/t23-/m0/s1. The fraction of sp³-hybridized carbons (Fsp3) is 0.276. The third-order valence-corrected chi connectivity index (χ3v) is 6.40. The van der Waals surface area contributed by atoms with Gasteiger partial charge in [0.2, 0.25) is 11.8 Å². The lowest BCUT2D eigenvalue weighted by molar-refractivity contribution is -0.126. The van der Waals surface area contributed by atoms with Crippen LogP contribution < -0.4 is 20.3 Å². The summed E-state index contributed by atoms with van der Waals surface area (Å²) in [5.74, 6) is -0.334. The number of carbonyl (C=O) groups excluding carboxylic acids is 3. The number of nitrogens with one attached hydrogen (secondary N) is 2. The predicted octanol–water partition coefficient (Wildman–Crippen LogP) is 4.30. The van der Waals surface area contributed by atoms with Crippen molar-refractivity contribution in [1.29, 1.82) is 0 Å². The summed E-state index contributed by atoms with van der Waals surface area (Å²) in [4.78, 5) is 39.2. The van der Waals surface area contributed by atoms with Crippen molar-refractivity contribution in [3.63, 3.8) is 0 Å². The van der Waals surface area contributed by atoms with E-state index in [1.807, 2.05) is 63.2 Å². The number of amides is 3. The summed E-state index contributed by atoms with van der Waals surface area (Å²) in [6.45, 7) is 6.56. The Morgan fingerprint density at radius 2 is 1.72 bits per heavy atom. The molecule has 3 aromatic rings. The van der Waals surface area contributed by atoms with Gasteiger partial charge in [0.15, 0.2) is 6.61 Å². The maximum atomic E-state index is 12.7. The average molecular weight is 486 g/mol. The summed E-state index contributed by atoms with van der Waals surface area (Å²) < 4.78 is 5.62. The molecule has 186 valence electrons. The lowest BCUT2D eigenvalue weighted by atomic mass is 10.1. The second kappa shape index (κ2) is 11.1. The highest BCUT2D eigenvalue weighted by molar-refractivity contribution is 6.00. The van der Waals surface area contributed by atoms with Crippen LogP contribution in [0.25, 0.3) is 0 Å². The zero-order valence-electron chi connectivity index (χ0n) is 20.8. The number of rotatable bonds is 8. The van der Waals surface area contributed by atoms with Gasteiger partial charge >= 0.3 is 0 Å². The summed E-state index contributed by atoms with van der Waals surface area (Å²) in [6.07, 6.45) is 0.177. The molecule has 4 rings (SSSR count). The van der Waals surface area contributed by atoms with Crippen LogP contribution in [0.2, 0.25) is 0 Å². The van der Waals surface area contributed by atoms with Gasteiger partial charge in [-0.05, 0) is 73.4 Å². The summed E-state index contributed by atoms with van der Waals surface area (Å²) in [7, 11) is 0. The van der Waals surface area contributed by atoms with Gasteiger partial charge in [0.05, 0.1) is 5.92 Å². The van der Waals surface area contributed by atoms with Crippen molar-refractivity contribution in [3.05, 3.63) is 89.0 Å². The van der Waals surface area contributed by atoms with E-state index in [9.17, 15) is 14.4 Å².